The maximum atomic E-state index is 13.1. The number of carboxylic acid groups (broad SMARTS) is 1. The van der Waals surface area contributed by atoms with Gasteiger partial charge in [0.2, 0.25) is 0 Å². The zero-order valence-corrected chi connectivity index (χ0v) is 18.8. The number of rotatable bonds is 3. The second-order valence-corrected chi connectivity index (χ2v) is 8.23. The first-order valence-electron chi connectivity index (χ1n) is 10.3. The zero-order valence-electron chi connectivity index (χ0n) is 18.1. The van der Waals surface area contributed by atoms with Crippen LogP contribution in [0.5, 0.6) is 5.75 Å². The highest BCUT2D eigenvalue weighted by Gasteiger charge is 2.30. The molecule has 2 aromatic carbocycles. The number of methoxy groups -OCH3 is 1. The monoisotopic (exact) mass is 464 g/mol. The summed E-state index contributed by atoms with van der Waals surface area (Å²) < 4.78 is 5.20. The Bertz CT molecular complexity index is 1300. The molecule has 1 aliphatic rings. The summed E-state index contributed by atoms with van der Waals surface area (Å²) in [6, 6.07) is 13.9. The van der Waals surface area contributed by atoms with Crippen LogP contribution in [0.2, 0.25) is 5.02 Å². The summed E-state index contributed by atoms with van der Waals surface area (Å²) in [7, 11) is 1.50. The molecular weight excluding hydrogens is 444 g/mol. The molecule has 1 unspecified atom stereocenters. The lowest BCUT2D eigenvalue weighted by Crippen LogP contribution is -2.55. The van der Waals surface area contributed by atoms with Gasteiger partial charge in [-0.1, -0.05) is 17.7 Å². The summed E-state index contributed by atoms with van der Waals surface area (Å²) in [6.07, 6.45) is -0.982. The van der Waals surface area contributed by atoms with Crippen molar-refractivity contribution in [1.82, 2.24) is 14.8 Å². The molecule has 2 heterocycles. The number of nitrogens with zero attached hydrogens (tertiary/aromatic N) is 4. The number of pyridine rings is 1. The normalized spacial score (nSPS) is 15.9. The Balaban J connectivity index is 1.67. The highest BCUT2D eigenvalue weighted by atomic mass is 35.5. The van der Waals surface area contributed by atoms with E-state index in [2.05, 4.69) is 11.1 Å². The Morgan fingerprint density at radius 3 is 2.67 bits per heavy atom. The molecular formula is C24H21ClN4O4. The van der Waals surface area contributed by atoms with Crippen molar-refractivity contribution in [1.29, 1.82) is 5.26 Å². The zero-order chi connectivity index (χ0) is 23.7. The maximum Gasteiger partial charge on any atom is 0.407 e. The minimum Gasteiger partial charge on any atom is -0.495 e. The standard InChI is InChI=1S/C24H21ClN4O4/c1-14-13-28(7-8-29(14)24(31)32)23(30)16-3-5-18-19(25)11-20(27-21(18)10-16)15-4-6-22(33-2)17(9-15)12-26/h3-6,9-11,14H,7-8,13H2,1-2H3,(H,31,32). The van der Waals surface area contributed by atoms with Crippen LogP contribution in [0.4, 0.5) is 4.79 Å². The van der Waals surface area contributed by atoms with Crippen LogP contribution in [0.25, 0.3) is 22.2 Å². The fourth-order valence-corrected chi connectivity index (χ4v) is 4.29. The average Bonchev–Trinajstić information content (AvgIpc) is 2.82. The van der Waals surface area contributed by atoms with Gasteiger partial charge in [0.25, 0.3) is 5.91 Å². The molecule has 1 aromatic heterocycles. The highest BCUT2D eigenvalue weighted by Crippen LogP contribution is 2.31. The molecule has 0 spiro atoms. The van der Waals surface area contributed by atoms with Crippen LogP contribution >= 0.6 is 11.6 Å². The van der Waals surface area contributed by atoms with Crippen molar-refractivity contribution in [3.8, 4) is 23.1 Å². The summed E-state index contributed by atoms with van der Waals surface area (Å²) in [5.74, 6) is 0.284. The topological polar surface area (TPSA) is 107 Å². The number of carbonyl (C=O) groups excluding carboxylic acids is 1. The van der Waals surface area contributed by atoms with E-state index in [1.807, 2.05) is 0 Å². The van der Waals surface area contributed by atoms with Crippen molar-refractivity contribution in [2.45, 2.75) is 13.0 Å². The van der Waals surface area contributed by atoms with Crippen molar-refractivity contribution in [3.05, 3.63) is 58.6 Å². The average molecular weight is 465 g/mol. The predicted octanol–water partition coefficient (Wildman–Crippen LogP) is 4.26. The molecule has 1 aliphatic heterocycles. The van der Waals surface area contributed by atoms with Gasteiger partial charge in [0, 0.05) is 42.2 Å². The summed E-state index contributed by atoms with van der Waals surface area (Å²) in [5.41, 5.74) is 2.65. The first-order chi connectivity index (χ1) is 15.8. The second-order valence-electron chi connectivity index (χ2n) is 7.82. The molecule has 9 heteroatoms. The van der Waals surface area contributed by atoms with Gasteiger partial charge in [0.15, 0.2) is 0 Å². The van der Waals surface area contributed by atoms with Crippen molar-refractivity contribution in [3.63, 3.8) is 0 Å². The lowest BCUT2D eigenvalue weighted by molar-refractivity contribution is 0.0507. The fraction of sp³-hybridized carbons (Fsp3) is 0.250. The number of ether oxygens (including phenoxy) is 1. The van der Waals surface area contributed by atoms with Crippen LogP contribution in [0, 0.1) is 11.3 Å². The van der Waals surface area contributed by atoms with E-state index in [9.17, 15) is 20.0 Å². The molecule has 4 rings (SSSR count). The summed E-state index contributed by atoms with van der Waals surface area (Å²) in [4.78, 5) is 32.1. The largest absolute Gasteiger partial charge is 0.495 e. The lowest BCUT2D eigenvalue weighted by Gasteiger charge is -2.38. The molecule has 8 nitrogen and oxygen atoms in total. The van der Waals surface area contributed by atoms with Crippen LogP contribution < -0.4 is 4.74 Å². The molecule has 1 fully saturated rings. The number of halogens is 1. The van der Waals surface area contributed by atoms with Gasteiger partial charge in [-0.2, -0.15) is 5.26 Å². The van der Waals surface area contributed by atoms with Crippen LogP contribution in [-0.4, -0.2) is 64.7 Å². The van der Waals surface area contributed by atoms with Crippen LogP contribution in [-0.2, 0) is 0 Å². The Morgan fingerprint density at radius 1 is 1.21 bits per heavy atom. The third-order valence-corrected chi connectivity index (χ3v) is 6.10. The lowest BCUT2D eigenvalue weighted by atomic mass is 10.0. The number of fused-ring (bicyclic) bond motifs is 1. The van der Waals surface area contributed by atoms with E-state index in [0.717, 1.165) is 0 Å². The number of aromatic nitrogens is 1. The smallest absolute Gasteiger partial charge is 0.407 e. The van der Waals surface area contributed by atoms with Crippen LogP contribution in [0.15, 0.2) is 42.5 Å². The maximum absolute atomic E-state index is 13.1. The number of hydrogen-bond acceptors (Lipinski definition) is 5. The second kappa shape index (κ2) is 8.96. The van der Waals surface area contributed by atoms with E-state index in [4.69, 9.17) is 16.3 Å². The van der Waals surface area contributed by atoms with E-state index in [-0.39, 0.29) is 18.5 Å². The molecule has 2 amide bonds. The Morgan fingerprint density at radius 2 is 2.00 bits per heavy atom. The van der Waals surface area contributed by atoms with Crippen molar-refractivity contribution < 1.29 is 19.4 Å². The molecule has 0 radical (unpaired) electrons. The van der Waals surface area contributed by atoms with Crippen molar-refractivity contribution in [2.24, 2.45) is 0 Å². The molecule has 1 saturated heterocycles. The number of piperazine rings is 1. The molecule has 1 N–H and O–H groups in total. The first-order valence-corrected chi connectivity index (χ1v) is 10.7. The molecule has 33 heavy (non-hydrogen) atoms. The van der Waals surface area contributed by atoms with Gasteiger partial charge in [0.05, 0.1) is 28.9 Å². The van der Waals surface area contributed by atoms with E-state index in [0.29, 0.717) is 57.1 Å². The number of benzene rings is 2. The van der Waals surface area contributed by atoms with Gasteiger partial charge in [-0.25, -0.2) is 9.78 Å². The van der Waals surface area contributed by atoms with E-state index in [1.165, 1.54) is 12.0 Å². The Labute approximate surface area is 195 Å². The van der Waals surface area contributed by atoms with Crippen molar-refractivity contribution >= 4 is 34.5 Å². The minimum atomic E-state index is -0.982. The van der Waals surface area contributed by atoms with Gasteiger partial charge in [-0.15, -0.1) is 0 Å². The first kappa shape index (κ1) is 22.4. The SMILES string of the molecule is COc1ccc(-c2cc(Cl)c3ccc(C(=O)N4CCN(C(=O)O)C(C)C4)cc3n2)cc1C#N. The fourth-order valence-electron chi connectivity index (χ4n) is 4.03. The van der Waals surface area contributed by atoms with Crippen LogP contribution in [0.3, 0.4) is 0 Å². The minimum absolute atomic E-state index is 0.187. The van der Waals surface area contributed by atoms with Gasteiger partial charge in [0.1, 0.15) is 11.8 Å². The molecule has 0 aliphatic carbocycles. The Kier molecular flexibility index (Phi) is 6.07. The van der Waals surface area contributed by atoms with E-state index in [1.54, 1.807) is 54.3 Å². The third-order valence-electron chi connectivity index (χ3n) is 5.78. The number of nitriles is 1. The highest BCUT2D eigenvalue weighted by molar-refractivity contribution is 6.35. The van der Waals surface area contributed by atoms with Gasteiger partial charge < -0.3 is 19.6 Å². The predicted molar refractivity (Wildman–Crippen MR) is 124 cm³/mol. The Hall–Kier alpha value is -3.83. The molecule has 0 saturated carbocycles. The molecule has 3 aromatic rings. The number of amides is 2. The molecule has 168 valence electrons. The third kappa shape index (κ3) is 4.28. The van der Waals surface area contributed by atoms with E-state index >= 15 is 0 Å². The van der Waals surface area contributed by atoms with Crippen molar-refractivity contribution in [2.75, 3.05) is 26.7 Å². The quantitative estimate of drug-likeness (QED) is 0.620. The summed E-state index contributed by atoms with van der Waals surface area (Å²) >= 11 is 6.50. The van der Waals surface area contributed by atoms with Gasteiger partial charge >= 0.3 is 6.09 Å². The molecule has 0 bridgehead atoms. The van der Waals surface area contributed by atoms with E-state index < -0.39 is 6.09 Å². The molecule has 1 atom stereocenters. The van der Waals surface area contributed by atoms with Gasteiger partial charge in [-0.3, -0.25) is 4.79 Å². The van der Waals surface area contributed by atoms with Gasteiger partial charge in [-0.05, 0) is 43.3 Å². The number of carbonyl (C=O) groups is 2. The summed E-state index contributed by atoms with van der Waals surface area (Å²) in [6.45, 7) is 2.69. The summed E-state index contributed by atoms with van der Waals surface area (Å²) in [5, 5.41) is 19.8. The van der Waals surface area contributed by atoms with Crippen LogP contribution in [0.1, 0.15) is 22.8 Å². The number of hydrogen-bond donors (Lipinski definition) is 1.